The van der Waals surface area contributed by atoms with Crippen LogP contribution in [0.15, 0.2) is 66.8 Å². The number of benzene rings is 2. The van der Waals surface area contributed by atoms with E-state index in [2.05, 4.69) is 13.2 Å². The van der Waals surface area contributed by atoms with E-state index in [-0.39, 0.29) is 67.3 Å². The molecule has 0 radical (unpaired) electrons. The molecular weight excluding hydrogens is 548 g/mol. The molecule has 2 aromatic carbocycles. The van der Waals surface area contributed by atoms with Crippen molar-refractivity contribution in [2.75, 3.05) is 26.4 Å². The van der Waals surface area contributed by atoms with E-state index in [1.54, 1.807) is 24.3 Å². The molecule has 222 valence electrons. The highest BCUT2D eigenvalue weighted by molar-refractivity contribution is 6.32. The van der Waals surface area contributed by atoms with Gasteiger partial charge in [0, 0.05) is 30.9 Å². The molecule has 11 nitrogen and oxygen atoms in total. The van der Waals surface area contributed by atoms with Crippen molar-refractivity contribution in [2.45, 2.75) is 33.6 Å². The highest BCUT2D eigenvalue weighted by atomic mass is 16.6. The van der Waals surface area contributed by atoms with Gasteiger partial charge >= 0.3 is 29.8 Å². The second-order valence-corrected chi connectivity index (χ2v) is 9.08. The molecule has 0 bridgehead atoms. The van der Waals surface area contributed by atoms with E-state index in [0.717, 1.165) is 6.92 Å². The summed E-state index contributed by atoms with van der Waals surface area (Å²) in [5.41, 5.74) is 1.67. The highest BCUT2D eigenvalue weighted by Crippen LogP contribution is 2.26. The Hall–Kier alpha value is -5.06. The lowest BCUT2D eigenvalue weighted by Crippen LogP contribution is -2.16. The minimum absolute atomic E-state index is 0.0284. The lowest BCUT2D eigenvalue weighted by molar-refractivity contribution is -0.153. The molecule has 0 amide bonds. The van der Waals surface area contributed by atoms with Gasteiger partial charge in [0.2, 0.25) is 5.78 Å². The quantitative estimate of drug-likeness (QED) is 0.0746. The Morgan fingerprint density at radius 1 is 0.571 bits per heavy atom. The molecule has 0 unspecified atom stereocenters. The van der Waals surface area contributed by atoms with Crippen molar-refractivity contribution in [3.63, 3.8) is 0 Å². The molecule has 0 saturated heterocycles. The van der Waals surface area contributed by atoms with Gasteiger partial charge in [0.15, 0.2) is 0 Å². The highest BCUT2D eigenvalue weighted by Gasteiger charge is 2.17. The van der Waals surface area contributed by atoms with Crippen LogP contribution in [0.5, 0.6) is 5.75 Å². The van der Waals surface area contributed by atoms with E-state index in [0.29, 0.717) is 11.1 Å². The van der Waals surface area contributed by atoms with E-state index in [1.807, 2.05) is 0 Å². The Labute approximate surface area is 243 Å². The largest absolute Gasteiger partial charge is 0.462 e. The normalized spacial score (nSPS) is 10.2. The number of carbonyl (C=O) groups excluding carboxylic acids is 6. The average Bonchev–Trinajstić information content (AvgIpc) is 2.96. The van der Waals surface area contributed by atoms with Crippen LogP contribution in [0.25, 0.3) is 11.1 Å². The molecule has 0 saturated carbocycles. The molecule has 0 N–H and O–H groups in total. The number of esters is 5. The van der Waals surface area contributed by atoms with Crippen LogP contribution in [0.3, 0.4) is 0 Å². The van der Waals surface area contributed by atoms with Crippen LogP contribution in [0.2, 0.25) is 0 Å². The third kappa shape index (κ3) is 10.8. The SMILES string of the molecule is C=C(C)C(=O)OCCCOC(=O)c1cc(C(=O)OCCCOC(=O)C(C)=O)cc(-c2ccc(OC(=O)C(=C)C)cc2)c1. The Kier molecular flexibility index (Phi) is 12.8. The van der Waals surface area contributed by atoms with E-state index < -0.39 is 35.6 Å². The molecule has 0 spiro atoms. The maximum Gasteiger partial charge on any atom is 0.374 e. The van der Waals surface area contributed by atoms with Crippen LogP contribution in [0.1, 0.15) is 54.3 Å². The zero-order chi connectivity index (χ0) is 31.2. The molecule has 0 aliphatic heterocycles. The van der Waals surface area contributed by atoms with E-state index >= 15 is 0 Å². The number of hydrogen-bond donors (Lipinski definition) is 0. The predicted molar refractivity (Wildman–Crippen MR) is 150 cm³/mol. The first-order chi connectivity index (χ1) is 19.9. The molecule has 42 heavy (non-hydrogen) atoms. The topological polar surface area (TPSA) is 149 Å². The summed E-state index contributed by atoms with van der Waals surface area (Å²) in [7, 11) is 0. The fourth-order valence-corrected chi connectivity index (χ4v) is 3.11. The molecule has 0 atom stereocenters. The molecule has 2 aromatic rings. The van der Waals surface area contributed by atoms with Crippen LogP contribution in [0, 0.1) is 0 Å². The number of hydrogen-bond acceptors (Lipinski definition) is 11. The smallest absolute Gasteiger partial charge is 0.374 e. The van der Waals surface area contributed by atoms with Crippen molar-refractivity contribution < 1.29 is 52.5 Å². The van der Waals surface area contributed by atoms with Gasteiger partial charge in [-0.25, -0.2) is 24.0 Å². The van der Waals surface area contributed by atoms with Crippen molar-refractivity contribution >= 4 is 35.6 Å². The summed E-state index contributed by atoms with van der Waals surface area (Å²) in [4.78, 5) is 71.1. The third-order valence-electron chi connectivity index (χ3n) is 5.30. The average molecular weight is 581 g/mol. The second-order valence-electron chi connectivity index (χ2n) is 9.08. The summed E-state index contributed by atoms with van der Waals surface area (Å²) in [6.45, 7) is 10.9. The lowest BCUT2D eigenvalue weighted by atomic mass is 9.99. The molecule has 0 heterocycles. The summed E-state index contributed by atoms with van der Waals surface area (Å²) >= 11 is 0. The van der Waals surface area contributed by atoms with Gasteiger partial charge in [0.05, 0.1) is 37.6 Å². The van der Waals surface area contributed by atoms with Crippen molar-refractivity contribution in [3.05, 3.63) is 77.9 Å². The zero-order valence-corrected chi connectivity index (χ0v) is 23.7. The van der Waals surface area contributed by atoms with Crippen molar-refractivity contribution in [1.29, 1.82) is 0 Å². The molecular formula is C31H32O11. The number of Topliss-reactive ketones (excluding diaryl/α,β-unsaturated/α-hetero) is 1. The van der Waals surface area contributed by atoms with Gasteiger partial charge in [-0.3, -0.25) is 4.79 Å². The zero-order valence-electron chi connectivity index (χ0n) is 23.7. The van der Waals surface area contributed by atoms with Gasteiger partial charge < -0.3 is 23.7 Å². The first-order valence-electron chi connectivity index (χ1n) is 12.9. The van der Waals surface area contributed by atoms with Crippen LogP contribution < -0.4 is 4.74 Å². The molecule has 0 fully saturated rings. The Morgan fingerprint density at radius 2 is 1.02 bits per heavy atom. The van der Waals surface area contributed by atoms with E-state index in [4.69, 9.17) is 23.7 Å². The summed E-state index contributed by atoms with van der Waals surface area (Å²) in [6, 6.07) is 10.7. The maximum atomic E-state index is 12.8. The van der Waals surface area contributed by atoms with Crippen LogP contribution in [-0.2, 0) is 38.1 Å². The number of ketones is 1. The number of ether oxygens (including phenoxy) is 5. The molecule has 0 aromatic heterocycles. The van der Waals surface area contributed by atoms with E-state index in [1.165, 1.54) is 32.0 Å². The molecule has 11 heteroatoms. The minimum Gasteiger partial charge on any atom is -0.462 e. The van der Waals surface area contributed by atoms with Gasteiger partial charge in [-0.05, 0) is 55.3 Å². The van der Waals surface area contributed by atoms with Crippen molar-refractivity contribution in [1.82, 2.24) is 0 Å². The van der Waals surface area contributed by atoms with Gasteiger partial charge in [0.1, 0.15) is 5.75 Å². The van der Waals surface area contributed by atoms with Crippen LogP contribution in [0.4, 0.5) is 0 Å². The van der Waals surface area contributed by atoms with Crippen molar-refractivity contribution in [2.24, 2.45) is 0 Å². The standard InChI is InChI=1S/C31H32O11/c1-19(2)27(33)38-12-6-14-40-30(36)24-16-23(22-8-10-26(11-9-22)42-28(34)20(3)4)17-25(18-24)31(37)41-15-7-13-39-29(35)21(5)32/h8-11,16-18H,1,3,6-7,12-15H2,2,4-5H3. The Balaban J connectivity index is 2.17. The first-order valence-corrected chi connectivity index (χ1v) is 12.9. The maximum absolute atomic E-state index is 12.8. The third-order valence-corrected chi connectivity index (χ3v) is 5.30. The summed E-state index contributed by atoms with van der Waals surface area (Å²) in [5, 5.41) is 0. The van der Waals surface area contributed by atoms with Gasteiger partial charge in [-0.1, -0.05) is 25.3 Å². The number of carbonyl (C=O) groups is 6. The predicted octanol–water partition coefficient (Wildman–Crippen LogP) is 4.18. The summed E-state index contributed by atoms with van der Waals surface area (Å²) < 4.78 is 25.4. The molecule has 0 aliphatic rings. The monoisotopic (exact) mass is 580 g/mol. The van der Waals surface area contributed by atoms with E-state index in [9.17, 15) is 28.8 Å². The van der Waals surface area contributed by atoms with Crippen LogP contribution >= 0.6 is 0 Å². The van der Waals surface area contributed by atoms with Gasteiger partial charge in [-0.15, -0.1) is 0 Å². The molecule has 2 rings (SSSR count). The van der Waals surface area contributed by atoms with Crippen molar-refractivity contribution in [3.8, 4) is 16.9 Å². The minimum atomic E-state index is -0.980. The number of rotatable bonds is 15. The second kappa shape index (κ2) is 16.3. The first kappa shape index (κ1) is 33.1. The summed E-state index contributed by atoms with van der Waals surface area (Å²) in [5.74, 6) is -4.04. The van der Waals surface area contributed by atoms with Gasteiger partial charge in [0.25, 0.3) is 0 Å². The fourth-order valence-electron chi connectivity index (χ4n) is 3.11. The fraction of sp³-hybridized carbons (Fsp3) is 0.290. The Morgan fingerprint density at radius 3 is 1.48 bits per heavy atom. The Bertz CT molecular complexity index is 1300. The van der Waals surface area contributed by atoms with Crippen LogP contribution in [-0.4, -0.2) is 62.1 Å². The summed E-state index contributed by atoms with van der Waals surface area (Å²) in [6.07, 6.45) is 0.400. The van der Waals surface area contributed by atoms with Gasteiger partial charge in [-0.2, -0.15) is 0 Å². The molecule has 0 aliphatic carbocycles. The lowest BCUT2D eigenvalue weighted by Gasteiger charge is -2.11.